The van der Waals surface area contributed by atoms with Crippen LogP contribution in [0.1, 0.15) is 6.92 Å². The van der Waals surface area contributed by atoms with Gasteiger partial charge in [0.1, 0.15) is 12.4 Å². The maximum Gasteiger partial charge on any atom is 0.272 e. The molecule has 19 heavy (non-hydrogen) atoms. The van der Waals surface area contributed by atoms with Crippen LogP contribution < -0.4 is 9.46 Å². The fraction of sp³-hybridized carbons (Fsp3) is 0.333. The first kappa shape index (κ1) is 15.6. The lowest BCUT2D eigenvalue weighted by atomic mass is 10.3. The largest absolute Gasteiger partial charge is 0.488 e. The van der Waals surface area contributed by atoms with Gasteiger partial charge in [-0.15, -0.1) is 6.58 Å². The minimum atomic E-state index is -3.64. The Kier molecular flexibility index (Phi) is 5.44. The van der Waals surface area contributed by atoms with Gasteiger partial charge in [0.25, 0.3) is 6.43 Å². The lowest BCUT2D eigenvalue weighted by molar-refractivity contribution is 0.0819. The second kappa shape index (κ2) is 6.63. The molecule has 0 aromatic heterocycles. The normalized spacial score (nSPS) is 13.3. The molecule has 0 unspecified atom stereocenters. The molecule has 0 radical (unpaired) electrons. The zero-order valence-corrected chi connectivity index (χ0v) is 11.2. The van der Waals surface area contributed by atoms with E-state index in [0.29, 0.717) is 0 Å². The molecular formula is C12H15F2NO3S. The molecule has 1 aromatic rings. The molecule has 0 amide bonds. The Morgan fingerprint density at radius 2 is 1.95 bits per heavy atom. The Bertz CT molecular complexity index is 514. The number of nitrogens with one attached hydrogen (secondary N) is 1. The molecule has 0 fully saturated rings. The van der Waals surface area contributed by atoms with Crippen LogP contribution in [0, 0.1) is 0 Å². The van der Waals surface area contributed by atoms with Crippen molar-refractivity contribution in [3.05, 3.63) is 36.9 Å². The number of sulfonamides is 1. The monoisotopic (exact) mass is 291 g/mol. The maximum absolute atomic E-state index is 11.9. The van der Waals surface area contributed by atoms with Crippen molar-refractivity contribution in [2.45, 2.75) is 24.3 Å². The van der Waals surface area contributed by atoms with Gasteiger partial charge >= 0.3 is 0 Å². The molecule has 1 rings (SSSR count). The topological polar surface area (TPSA) is 55.4 Å². The number of hydrogen-bond donors (Lipinski definition) is 1. The van der Waals surface area contributed by atoms with Gasteiger partial charge in [-0.1, -0.05) is 6.08 Å². The molecule has 1 N–H and O–H groups in total. The third-order valence-electron chi connectivity index (χ3n) is 2.20. The van der Waals surface area contributed by atoms with E-state index in [9.17, 15) is 17.2 Å². The highest BCUT2D eigenvalue weighted by Gasteiger charge is 2.15. The zero-order chi connectivity index (χ0) is 14.5. The fourth-order valence-corrected chi connectivity index (χ4v) is 2.45. The summed E-state index contributed by atoms with van der Waals surface area (Å²) in [6.07, 6.45) is -1.11. The molecule has 106 valence electrons. The molecule has 0 saturated heterocycles. The lowest BCUT2D eigenvalue weighted by Crippen LogP contribution is -2.30. The number of halogens is 2. The highest BCUT2D eigenvalue weighted by Crippen LogP contribution is 2.16. The predicted molar refractivity (Wildman–Crippen MR) is 67.9 cm³/mol. The van der Waals surface area contributed by atoms with Gasteiger partial charge < -0.3 is 4.74 Å². The van der Waals surface area contributed by atoms with Gasteiger partial charge in [-0.2, -0.15) is 0 Å². The average molecular weight is 291 g/mol. The molecule has 0 saturated carbocycles. The molecule has 1 atom stereocenters. The van der Waals surface area contributed by atoms with Gasteiger partial charge in [-0.3, -0.25) is 0 Å². The molecule has 0 spiro atoms. The van der Waals surface area contributed by atoms with E-state index in [2.05, 4.69) is 11.3 Å². The summed E-state index contributed by atoms with van der Waals surface area (Å²) in [5.74, 6) is 0.191. The Balaban J connectivity index is 2.78. The van der Waals surface area contributed by atoms with E-state index in [1.54, 1.807) is 6.92 Å². The van der Waals surface area contributed by atoms with E-state index in [-0.39, 0.29) is 10.6 Å². The van der Waals surface area contributed by atoms with Gasteiger partial charge in [-0.05, 0) is 31.2 Å². The number of alkyl halides is 2. The second-order valence-electron chi connectivity index (χ2n) is 3.82. The van der Waals surface area contributed by atoms with Crippen molar-refractivity contribution >= 4 is 10.0 Å². The average Bonchev–Trinajstić information content (AvgIpc) is 2.36. The second-order valence-corrected chi connectivity index (χ2v) is 5.53. The number of rotatable bonds is 7. The molecule has 4 nitrogen and oxygen atoms in total. The van der Waals surface area contributed by atoms with Crippen LogP contribution >= 0.6 is 0 Å². The molecule has 0 aliphatic carbocycles. The van der Waals surface area contributed by atoms with E-state index < -0.39 is 29.1 Å². The molecular weight excluding hydrogens is 276 g/mol. The minimum Gasteiger partial charge on any atom is -0.488 e. The van der Waals surface area contributed by atoms with Crippen molar-refractivity contribution in [1.29, 1.82) is 0 Å². The Hall–Kier alpha value is -1.47. The minimum absolute atomic E-state index is 0.0330. The third-order valence-corrected chi connectivity index (χ3v) is 3.78. The SMILES string of the molecule is C=C[C@H](C)NS(=O)(=O)c1ccc(OCC(F)F)cc1. The molecule has 0 aliphatic heterocycles. The van der Waals surface area contributed by atoms with E-state index in [4.69, 9.17) is 4.74 Å². The molecule has 0 aliphatic rings. The van der Waals surface area contributed by atoms with Gasteiger partial charge in [0.2, 0.25) is 10.0 Å². The van der Waals surface area contributed by atoms with Gasteiger partial charge in [0.05, 0.1) is 4.90 Å². The van der Waals surface area contributed by atoms with Crippen molar-refractivity contribution in [2.75, 3.05) is 6.61 Å². The van der Waals surface area contributed by atoms with Crippen LogP contribution in [0.3, 0.4) is 0 Å². The molecule has 0 heterocycles. The first-order valence-electron chi connectivity index (χ1n) is 5.51. The third kappa shape index (κ3) is 4.96. The Labute approximate surface area is 111 Å². The summed E-state index contributed by atoms with van der Waals surface area (Å²) in [6, 6.07) is 4.84. The smallest absolute Gasteiger partial charge is 0.272 e. The van der Waals surface area contributed by atoms with Crippen LogP contribution in [0.5, 0.6) is 5.75 Å². The van der Waals surface area contributed by atoms with Gasteiger partial charge in [0, 0.05) is 6.04 Å². The summed E-state index contributed by atoms with van der Waals surface area (Å²) >= 11 is 0. The summed E-state index contributed by atoms with van der Waals surface area (Å²) in [7, 11) is -3.64. The van der Waals surface area contributed by atoms with Gasteiger partial charge in [0.15, 0.2) is 0 Å². The van der Waals surface area contributed by atoms with Crippen molar-refractivity contribution in [1.82, 2.24) is 4.72 Å². The summed E-state index contributed by atoms with van der Waals surface area (Å²) in [5.41, 5.74) is 0. The zero-order valence-electron chi connectivity index (χ0n) is 10.3. The van der Waals surface area contributed by atoms with Gasteiger partial charge in [-0.25, -0.2) is 21.9 Å². The van der Waals surface area contributed by atoms with Crippen molar-refractivity contribution in [3.63, 3.8) is 0 Å². The Morgan fingerprint density at radius 3 is 2.42 bits per heavy atom. The maximum atomic E-state index is 11.9. The highest BCUT2D eigenvalue weighted by molar-refractivity contribution is 7.89. The highest BCUT2D eigenvalue weighted by atomic mass is 32.2. The van der Waals surface area contributed by atoms with E-state index >= 15 is 0 Å². The summed E-state index contributed by atoms with van der Waals surface area (Å²) in [4.78, 5) is 0.0330. The van der Waals surface area contributed by atoms with Crippen LogP contribution in [-0.2, 0) is 10.0 Å². The Morgan fingerprint density at radius 1 is 1.37 bits per heavy atom. The quantitative estimate of drug-likeness (QED) is 0.783. The summed E-state index contributed by atoms with van der Waals surface area (Å²) in [5, 5.41) is 0. The van der Waals surface area contributed by atoms with Crippen LogP contribution in [0.25, 0.3) is 0 Å². The number of ether oxygens (including phenoxy) is 1. The van der Waals surface area contributed by atoms with Crippen LogP contribution in [0.2, 0.25) is 0 Å². The summed E-state index contributed by atoms with van der Waals surface area (Å²) < 4.78 is 54.7. The molecule has 7 heteroatoms. The standard InChI is InChI=1S/C12H15F2NO3S/c1-3-9(2)15-19(16,17)11-6-4-10(5-7-11)18-8-12(13)14/h3-7,9,12,15H,1,8H2,2H3/t9-/m0/s1. The van der Waals surface area contributed by atoms with Crippen molar-refractivity contribution < 1.29 is 21.9 Å². The number of hydrogen-bond acceptors (Lipinski definition) is 3. The van der Waals surface area contributed by atoms with E-state index in [0.717, 1.165) is 0 Å². The predicted octanol–water partition coefficient (Wildman–Crippen LogP) is 2.18. The van der Waals surface area contributed by atoms with Crippen molar-refractivity contribution in [3.8, 4) is 5.75 Å². The van der Waals surface area contributed by atoms with Crippen molar-refractivity contribution in [2.24, 2.45) is 0 Å². The first-order chi connectivity index (χ1) is 8.85. The first-order valence-corrected chi connectivity index (χ1v) is 6.99. The number of benzene rings is 1. The molecule has 1 aromatic carbocycles. The van der Waals surface area contributed by atoms with E-state index in [1.807, 2.05) is 0 Å². The molecule has 0 bridgehead atoms. The lowest BCUT2D eigenvalue weighted by Gasteiger charge is -2.11. The van der Waals surface area contributed by atoms with Crippen LogP contribution in [-0.4, -0.2) is 27.5 Å². The van der Waals surface area contributed by atoms with E-state index in [1.165, 1.54) is 30.3 Å². The van der Waals surface area contributed by atoms with Crippen LogP contribution in [0.4, 0.5) is 8.78 Å². The summed E-state index contributed by atoms with van der Waals surface area (Å²) in [6.45, 7) is 4.39. The fourth-order valence-electron chi connectivity index (χ4n) is 1.24. The van der Waals surface area contributed by atoms with Crippen LogP contribution in [0.15, 0.2) is 41.8 Å².